The zero-order valence-corrected chi connectivity index (χ0v) is 11.8. The van der Waals surface area contributed by atoms with Gasteiger partial charge in [-0.05, 0) is 55.2 Å². The second-order valence-electron chi connectivity index (χ2n) is 5.73. The zero-order chi connectivity index (χ0) is 14.4. The summed E-state index contributed by atoms with van der Waals surface area (Å²) < 4.78 is 0. The summed E-state index contributed by atoms with van der Waals surface area (Å²) in [5.41, 5.74) is 9.89. The lowest BCUT2D eigenvalue weighted by Crippen LogP contribution is -1.95. The molecule has 4 heteroatoms. The first-order chi connectivity index (χ1) is 10.2. The van der Waals surface area contributed by atoms with Gasteiger partial charge in [-0.3, -0.25) is 4.98 Å². The van der Waals surface area contributed by atoms with Crippen molar-refractivity contribution in [2.45, 2.75) is 25.2 Å². The van der Waals surface area contributed by atoms with Gasteiger partial charge in [0.15, 0.2) is 0 Å². The van der Waals surface area contributed by atoms with Gasteiger partial charge < -0.3 is 5.73 Å². The molecule has 1 aromatic carbocycles. The molecular weight excluding hydrogens is 260 g/mol. The molecule has 0 radical (unpaired) electrons. The number of nitrogens with two attached hydrogens (primary N) is 1. The van der Waals surface area contributed by atoms with Gasteiger partial charge in [0.25, 0.3) is 0 Å². The highest BCUT2D eigenvalue weighted by molar-refractivity contribution is 5.82. The van der Waals surface area contributed by atoms with Gasteiger partial charge in [-0.25, -0.2) is 9.97 Å². The normalized spacial score (nSPS) is 20.6. The van der Waals surface area contributed by atoms with Crippen molar-refractivity contribution < 1.29 is 0 Å². The molecule has 0 amide bonds. The van der Waals surface area contributed by atoms with Crippen LogP contribution in [0.1, 0.15) is 35.3 Å². The van der Waals surface area contributed by atoms with E-state index in [-0.39, 0.29) is 0 Å². The number of hydrogen-bond acceptors (Lipinski definition) is 4. The first kappa shape index (κ1) is 12.3. The molecule has 1 aliphatic carbocycles. The Bertz CT molecular complexity index is 828. The molecule has 0 unspecified atom stereocenters. The minimum Gasteiger partial charge on any atom is -0.399 e. The molecule has 3 aromatic rings. The highest BCUT2D eigenvalue weighted by Gasteiger charge is 2.42. The second-order valence-corrected chi connectivity index (χ2v) is 5.73. The van der Waals surface area contributed by atoms with Crippen LogP contribution in [0.3, 0.4) is 0 Å². The molecule has 1 aliphatic rings. The number of pyridine rings is 1. The molecule has 0 aliphatic heterocycles. The monoisotopic (exact) mass is 276 g/mol. The first-order valence-electron chi connectivity index (χ1n) is 7.15. The standard InChI is InChI=1S/C17H16N4/c1-10-4-5-19-17(21-10)15-8-14(15)12-6-11-7-13(18)2-3-16(11)20-9-12/h2-7,9,14-15H,8,18H2,1H3/t14-,15+/m1/s1. The zero-order valence-electron chi connectivity index (χ0n) is 11.8. The number of aromatic nitrogens is 3. The van der Waals surface area contributed by atoms with Crippen LogP contribution in [0.4, 0.5) is 5.69 Å². The van der Waals surface area contributed by atoms with E-state index in [0.717, 1.165) is 34.5 Å². The van der Waals surface area contributed by atoms with Gasteiger partial charge in [0.2, 0.25) is 0 Å². The lowest BCUT2D eigenvalue weighted by Gasteiger charge is -2.04. The number of benzene rings is 1. The van der Waals surface area contributed by atoms with E-state index in [1.165, 1.54) is 5.56 Å². The summed E-state index contributed by atoms with van der Waals surface area (Å²) >= 11 is 0. The van der Waals surface area contributed by atoms with Crippen LogP contribution in [0, 0.1) is 6.92 Å². The SMILES string of the molecule is Cc1ccnc([C@H]2C[C@@H]2c2cnc3ccc(N)cc3c2)n1. The van der Waals surface area contributed by atoms with Crippen LogP contribution in [0.5, 0.6) is 0 Å². The lowest BCUT2D eigenvalue weighted by atomic mass is 10.1. The highest BCUT2D eigenvalue weighted by atomic mass is 14.9. The van der Waals surface area contributed by atoms with Crippen LogP contribution < -0.4 is 5.73 Å². The van der Waals surface area contributed by atoms with Crippen molar-refractivity contribution >= 4 is 16.6 Å². The van der Waals surface area contributed by atoms with Crippen molar-refractivity contribution in [1.29, 1.82) is 0 Å². The van der Waals surface area contributed by atoms with E-state index >= 15 is 0 Å². The summed E-state index contributed by atoms with van der Waals surface area (Å²) in [5.74, 6) is 1.85. The van der Waals surface area contributed by atoms with Gasteiger partial charge in [0.05, 0.1) is 5.52 Å². The number of rotatable bonds is 2. The van der Waals surface area contributed by atoms with E-state index in [1.54, 1.807) is 0 Å². The van der Waals surface area contributed by atoms with E-state index in [2.05, 4.69) is 21.0 Å². The van der Waals surface area contributed by atoms with Crippen LogP contribution in [0.2, 0.25) is 0 Å². The fraction of sp³-hybridized carbons (Fsp3) is 0.235. The number of fused-ring (bicyclic) bond motifs is 1. The number of aryl methyl sites for hydroxylation is 1. The molecule has 2 heterocycles. The van der Waals surface area contributed by atoms with Crippen LogP contribution >= 0.6 is 0 Å². The third-order valence-electron chi connectivity index (χ3n) is 4.09. The van der Waals surface area contributed by atoms with Gasteiger partial charge in [-0.1, -0.05) is 0 Å². The van der Waals surface area contributed by atoms with Crippen LogP contribution in [0.15, 0.2) is 42.7 Å². The van der Waals surface area contributed by atoms with Crippen molar-refractivity contribution in [2.75, 3.05) is 5.73 Å². The molecule has 2 aromatic heterocycles. The van der Waals surface area contributed by atoms with E-state index in [1.807, 2.05) is 43.6 Å². The minimum atomic E-state index is 0.421. The number of nitrogen functional groups attached to an aromatic ring is 1. The minimum absolute atomic E-state index is 0.421. The molecule has 4 nitrogen and oxygen atoms in total. The van der Waals surface area contributed by atoms with E-state index < -0.39 is 0 Å². The summed E-state index contributed by atoms with van der Waals surface area (Å²) in [4.78, 5) is 13.5. The van der Waals surface area contributed by atoms with Gasteiger partial charge in [0, 0.05) is 35.1 Å². The maximum atomic E-state index is 5.85. The van der Waals surface area contributed by atoms with Crippen LogP contribution in [0.25, 0.3) is 10.9 Å². The number of nitrogens with zero attached hydrogens (tertiary/aromatic N) is 3. The Morgan fingerprint density at radius 2 is 2.00 bits per heavy atom. The molecule has 1 fully saturated rings. The summed E-state index contributed by atoms with van der Waals surface area (Å²) in [6, 6.07) is 9.95. The number of anilines is 1. The lowest BCUT2D eigenvalue weighted by molar-refractivity contribution is 0.877. The Labute approximate surface area is 123 Å². The van der Waals surface area contributed by atoms with Crippen molar-refractivity contribution in [1.82, 2.24) is 15.0 Å². The maximum absolute atomic E-state index is 5.85. The Hall–Kier alpha value is -2.49. The third kappa shape index (κ3) is 2.23. The molecule has 104 valence electrons. The Kier molecular flexibility index (Phi) is 2.64. The summed E-state index contributed by atoms with van der Waals surface area (Å²) in [6.45, 7) is 2.00. The molecule has 0 saturated heterocycles. The smallest absolute Gasteiger partial charge is 0.132 e. The quantitative estimate of drug-likeness (QED) is 0.730. The fourth-order valence-electron chi connectivity index (χ4n) is 2.87. The molecule has 21 heavy (non-hydrogen) atoms. The largest absolute Gasteiger partial charge is 0.399 e. The van der Waals surface area contributed by atoms with Crippen molar-refractivity contribution in [3.63, 3.8) is 0 Å². The van der Waals surface area contributed by atoms with E-state index in [4.69, 9.17) is 5.73 Å². The highest BCUT2D eigenvalue weighted by Crippen LogP contribution is 2.53. The Balaban J connectivity index is 1.66. The molecule has 0 bridgehead atoms. The van der Waals surface area contributed by atoms with E-state index in [9.17, 15) is 0 Å². The maximum Gasteiger partial charge on any atom is 0.132 e. The van der Waals surface area contributed by atoms with Crippen molar-refractivity contribution in [3.8, 4) is 0 Å². The van der Waals surface area contributed by atoms with Gasteiger partial charge in [-0.2, -0.15) is 0 Å². The molecular formula is C17H16N4. The second kappa shape index (κ2) is 4.52. The Morgan fingerprint density at radius 3 is 2.86 bits per heavy atom. The Morgan fingerprint density at radius 1 is 1.10 bits per heavy atom. The van der Waals surface area contributed by atoms with Gasteiger partial charge in [-0.15, -0.1) is 0 Å². The molecule has 0 spiro atoms. The van der Waals surface area contributed by atoms with Crippen molar-refractivity contribution in [2.24, 2.45) is 0 Å². The average Bonchev–Trinajstić information content (AvgIpc) is 3.27. The average molecular weight is 276 g/mol. The molecule has 1 saturated carbocycles. The first-order valence-corrected chi connectivity index (χ1v) is 7.15. The molecule has 2 N–H and O–H groups in total. The van der Waals surface area contributed by atoms with Gasteiger partial charge >= 0.3 is 0 Å². The summed E-state index contributed by atoms with van der Waals surface area (Å²) in [7, 11) is 0. The summed E-state index contributed by atoms with van der Waals surface area (Å²) in [5, 5.41) is 1.10. The predicted octanol–water partition coefficient (Wildman–Crippen LogP) is 3.19. The van der Waals surface area contributed by atoms with Gasteiger partial charge in [0.1, 0.15) is 5.82 Å². The summed E-state index contributed by atoms with van der Waals surface area (Å²) in [6.07, 6.45) is 4.91. The molecule has 2 atom stereocenters. The van der Waals surface area contributed by atoms with Crippen LogP contribution in [-0.4, -0.2) is 15.0 Å². The molecule has 4 rings (SSSR count). The van der Waals surface area contributed by atoms with Crippen LogP contribution in [-0.2, 0) is 0 Å². The third-order valence-corrected chi connectivity index (χ3v) is 4.09. The topological polar surface area (TPSA) is 64.7 Å². The predicted molar refractivity (Wildman–Crippen MR) is 83.0 cm³/mol. The van der Waals surface area contributed by atoms with Crippen molar-refractivity contribution in [3.05, 3.63) is 59.8 Å². The fourth-order valence-corrected chi connectivity index (χ4v) is 2.87. The number of hydrogen-bond donors (Lipinski definition) is 1. The van der Waals surface area contributed by atoms with E-state index in [0.29, 0.717) is 11.8 Å².